The number of rotatable bonds is 6. The van der Waals surface area contributed by atoms with Gasteiger partial charge in [0.15, 0.2) is 0 Å². The molecule has 0 spiro atoms. The summed E-state index contributed by atoms with van der Waals surface area (Å²) >= 11 is 0. The molecule has 1 rings (SSSR count). The molecule has 0 aliphatic heterocycles. The van der Waals surface area contributed by atoms with Gasteiger partial charge in [-0.3, -0.25) is 0 Å². The van der Waals surface area contributed by atoms with Gasteiger partial charge in [0.25, 0.3) is 0 Å². The maximum atomic E-state index is 13.3. The Balaban J connectivity index is 2.95. The van der Waals surface area contributed by atoms with E-state index in [1.165, 1.54) is 12.1 Å². The van der Waals surface area contributed by atoms with Crippen molar-refractivity contribution in [3.8, 4) is 0 Å². The SMILES string of the molecule is CN(C)C(C)(C)CNS(=O)(=O)c1ccc(F)c(CN)c1. The normalized spacial score (nSPS) is 12.9. The molecule has 0 unspecified atom stereocenters. The first-order valence-electron chi connectivity index (χ1n) is 6.26. The summed E-state index contributed by atoms with van der Waals surface area (Å²) in [6, 6.07) is 3.62. The fraction of sp³-hybridized carbons (Fsp3) is 0.538. The maximum absolute atomic E-state index is 13.3. The zero-order valence-corrected chi connectivity index (χ0v) is 13.1. The Kier molecular flexibility index (Phi) is 5.26. The van der Waals surface area contributed by atoms with Gasteiger partial charge in [0.2, 0.25) is 10.0 Å². The molecule has 0 atom stereocenters. The molecule has 0 saturated carbocycles. The Labute approximate surface area is 120 Å². The van der Waals surface area contributed by atoms with Gasteiger partial charge in [-0.2, -0.15) is 0 Å². The van der Waals surface area contributed by atoms with Gasteiger partial charge < -0.3 is 10.6 Å². The molecule has 7 heteroatoms. The second-order valence-corrected chi connectivity index (χ2v) is 7.26. The fourth-order valence-electron chi connectivity index (χ4n) is 1.39. The molecule has 0 heterocycles. The van der Waals surface area contributed by atoms with Crippen LogP contribution in [0.1, 0.15) is 19.4 Å². The molecule has 114 valence electrons. The van der Waals surface area contributed by atoms with E-state index in [2.05, 4.69) is 4.72 Å². The molecule has 5 nitrogen and oxygen atoms in total. The van der Waals surface area contributed by atoms with Crippen molar-refractivity contribution in [1.29, 1.82) is 0 Å². The van der Waals surface area contributed by atoms with Crippen LogP contribution in [0.25, 0.3) is 0 Å². The molecular formula is C13H22FN3O2S. The van der Waals surface area contributed by atoms with Gasteiger partial charge >= 0.3 is 0 Å². The van der Waals surface area contributed by atoms with Gasteiger partial charge in [0.05, 0.1) is 4.90 Å². The summed E-state index contributed by atoms with van der Waals surface area (Å²) in [6.45, 7) is 4.05. The summed E-state index contributed by atoms with van der Waals surface area (Å²) in [4.78, 5) is 1.94. The lowest BCUT2D eigenvalue weighted by Crippen LogP contribution is -2.48. The minimum absolute atomic E-state index is 0.0221. The van der Waals surface area contributed by atoms with Crippen LogP contribution in [0.3, 0.4) is 0 Å². The molecule has 20 heavy (non-hydrogen) atoms. The van der Waals surface area contributed by atoms with Gasteiger partial charge in [-0.05, 0) is 46.1 Å². The smallest absolute Gasteiger partial charge is 0.240 e. The Morgan fingerprint density at radius 2 is 1.95 bits per heavy atom. The number of hydrogen-bond acceptors (Lipinski definition) is 4. The van der Waals surface area contributed by atoms with Crippen molar-refractivity contribution in [2.75, 3.05) is 20.6 Å². The van der Waals surface area contributed by atoms with E-state index >= 15 is 0 Å². The lowest BCUT2D eigenvalue weighted by molar-refractivity contribution is 0.199. The summed E-state index contributed by atoms with van der Waals surface area (Å²) in [7, 11) is 0.0722. The van der Waals surface area contributed by atoms with Crippen LogP contribution in [-0.4, -0.2) is 39.5 Å². The maximum Gasteiger partial charge on any atom is 0.240 e. The Hall–Kier alpha value is -1.02. The average Bonchev–Trinajstić information content (AvgIpc) is 2.37. The number of nitrogens with one attached hydrogen (secondary N) is 1. The third kappa shape index (κ3) is 3.99. The van der Waals surface area contributed by atoms with Crippen LogP contribution in [0.4, 0.5) is 4.39 Å². The Morgan fingerprint density at radius 1 is 1.35 bits per heavy atom. The topological polar surface area (TPSA) is 75.4 Å². The van der Waals surface area contributed by atoms with Crippen molar-refractivity contribution < 1.29 is 12.8 Å². The average molecular weight is 303 g/mol. The summed E-state index contributed by atoms with van der Waals surface area (Å²) in [6.07, 6.45) is 0. The predicted molar refractivity (Wildman–Crippen MR) is 77.2 cm³/mol. The minimum Gasteiger partial charge on any atom is -0.326 e. The molecule has 0 bridgehead atoms. The van der Waals surface area contributed by atoms with E-state index in [-0.39, 0.29) is 29.1 Å². The number of benzene rings is 1. The summed E-state index contributed by atoms with van der Waals surface area (Å²) < 4.78 is 40.2. The van der Waals surface area contributed by atoms with Gasteiger partial charge in [-0.25, -0.2) is 17.5 Å². The van der Waals surface area contributed by atoms with Crippen molar-refractivity contribution in [3.05, 3.63) is 29.6 Å². The van der Waals surface area contributed by atoms with Crippen LogP contribution in [0.2, 0.25) is 0 Å². The lowest BCUT2D eigenvalue weighted by Gasteiger charge is -2.32. The van der Waals surface area contributed by atoms with Crippen molar-refractivity contribution in [2.24, 2.45) is 5.73 Å². The lowest BCUT2D eigenvalue weighted by atomic mass is 10.1. The number of halogens is 1. The largest absolute Gasteiger partial charge is 0.326 e. The molecule has 0 fully saturated rings. The van der Waals surface area contributed by atoms with Crippen molar-refractivity contribution in [2.45, 2.75) is 30.8 Å². The Morgan fingerprint density at radius 3 is 2.45 bits per heavy atom. The number of nitrogens with two attached hydrogens (primary N) is 1. The van der Waals surface area contributed by atoms with E-state index < -0.39 is 15.8 Å². The molecule has 0 amide bonds. The second kappa shape index (κ2) is 6.17. The van der Waals surface area contributed by atoms with Crippen molar-refractivity contribution in [3.63, 3.8) is 0 Å². The number of nitrogens with zero attached hydrogens (tertiary/aromatic N) is 1. The zero-order valence-electron chi connectivity index (χ0n) is 12.3. The molecule has 0 aliphatic carbocycles. The van der Waals surface area contributed by atoms with E-state index in [4.69, 9.17) is 5.73 Å². The van der Waals surface area contributed by atoms with Crippen LogP contribution in [0, 0.1) is 5.82 Å². The molecule has 1 aromatic carbocycles. The molecule has 3 N–H and O–H groups in total. The van der Waals surface area contributed by atoms with Gasteiger partial charge in [0, 0.05) is 24.2 Å². The summed E-state index contributed by atoms with van der Waals surface area (Å²) in [5.74, 6) is -0.500. The van der Waals surface area contributed by atoms with E-state index in [1.54, 1.807) is 0 Å². The van der Waals surface area contributed by atoms with Gasteiger partial charge in [-0.1, -0.05) is 0 Å². The first-order chi connectivity index (χ1) is 9.10. The molecule has 0 saturated heterocycles. The van der Waals surface area contributed by atoms with Crippen LogP contribution < -0.4 is 10.5 Å². The second-order valence-electron chi connectivity index (χ2n) is 5.49. The van der Waals surface area contributed by atoms with Crippen molar-refractivity contribution >= 4 is 10.0 Å². The first kappa shape index (κ1) is 17.0. The highest BCUT2D eigenvalue weighted by Gasteiger charge is 2.24. The van der Waals surface area contributed by atoms with Crippen LogP contribution >= 0.6 is 0 Å². The zero-order chi connectivity index (χ0) is 15.6. The highest BCUT2D eigenvalue weighted by atomic mass is 32.2. The number of likely N-dealkylation sites (N-methyl/N-ethyl adjacent to an activating group) is 1. The van der Waals surface area contributed by atoms with Crippen LogP contribution in [0.15, 0.2) is 23.1 Å². The third-order valence-corrected chi connectivity index (χ3v) is 4.85. The van der Waals surface area contributed by atoms with Crippen LogP contribution in [0.5, 0.6) is 0 Å². The van der Waals surface area contributed by atoms with E-state index in [1.807, 2.05) is 32.8 Å². The minimum atomic E-state index is -3.68. The highest BCUT2D eigenvalue weighted by Crippen LogP contribution is 2.16. The quantitative estimate of drug-likeness (QED) is 0.819. The molecule has 0 radical (unpaired) electrons. The standard InChI is InChI=1S/C13H22FN3O2S/c1-13(2,17(3)4)9-16-20(18,19)11-5-6-12(14)10(7-11)8-15/h5-7,16H,8-9,15H2,1-4H3. The fourth-order valence-corrected chi connectivity index (χ4v) is 2.64. The van der Waals surface area contributed by atoms with E-state index in [0.29, 0.717) is 0 Å². The summed E-state index contributed by atoms with van der Waals surface area (Å²) in [5, 5.41) is 0. The van der Waals surface area contributed by atoms with E-state index in [9.17, 15) is 12.8 Å². The predicted octanol–water partition coefficient (Wildman–Crippen LogP) is 0.903. The summed E-state index contributed by atoms with van der Waals surface area (Å²) in [5.41, 5.74) is 5.23. The molecule has 0 aliphatic rings. The van der Waals surface area contributed by atoms with Crippen LogP contribution in [-0.2, 0) is 16.6 Å². The monoisotopic (exact) mass is 303 g/mol. The Bertz CT molecular complexity index is 571. The number of hydrogen-bond donors (Lipinski definition) is 2. The first-order valence-corrected chi connectivity index (χ1v) is 7.74. The number of sulfonamides is 1. The third-order valence-electron chi connectivity index (χ3n) is 3.45. The van der Waals surface area contributed by atoms with Gasteiger partial charge in [-0.15, -0.1) is 0 Å². The molecule has 0 aromatic heterocycles. The molecular weight excluding hydrogens is 281 g/mol. The molecule has 1 aromatic rings. The van der Waals surface area contributed by atoms with Gasteiger partial charge in [0.1, 0.15) is 5.82 Å². The highest BCUT2D eigenvalue weighted by molar-refractivity contribution is 7.89. The van der Waals surface area contributed by atoms with E-state index in [0.717, 1.165) is 6.07 Å². The van der Waals surface area contributed by atoms with Crippen molar-refractivity contribution in [1.82, 2.24) is 9.62 Å².